The van der Waals surface area contributed by atoms with Gasteiger partial charge in [-0.25, -0.2) is 4.68 Å². The van der Waals surface area contributed by atoms with Gasteiger partial charge in [-0.05, 0) is 43.0 Å². The Hall–Kier alpha value is -1.87. The zero-order valence-electron chi connectivity index (χ0n) is 14.6. The molecule has 2 aromatic heterocycles. The lowest BCUT2D eigenvalue weighted by atomic mass is 10.2. The zero-order chi connectivity index (χ0) is 16.8. The maximum atomic E-state index is 5.50. The van der Waals surface area contributed by atoms with Crippen LogP contribution in [0.2, 0.25) is 0 Å². The van der Waals surface area contributed by atoms with Gasteiger partial charge in [-0.2, -0.15) is 4.98 Å². The Balaban J connectivity index is 1.17. The van der Waals surface area contributed by atoms with Crippen LogP contribution in [0.5, 0.6) is 0 Å². The van der Waals surface area contributed by atoms with Crippen LogP contribution >= 0.6 is 0 Å². The lowest BCUT2D eigenvalue weighted by molar-refractivity contribution is 0.0823. The van der Waals surface area contributed by atoms with Gasteiger partial charge in [0, 0.05) is 32.1 Å². The van der Waals surface area contributed by atoms with Crippen molar-refractivity contribution in [1.82, 2.24) is 40.1 Å². The molecule has 9 nitrogen and oxygen atoms in total. The number of hydrogen-bond donors (Lipinski definition) is 0. The van der Waals surface area contributed by atoms with E-state index >= 15 is 0 Å². The van der Waals surface area contributed by atoms with E-state index in [2.05, 4.69) is 42.4 Å². The highest BCUT2D eigenvalue weighted by Gasteiger charge is 2.32. The molecule has 0 radical (unpaired) electrons. The highest BCUT2D eigenvalue weighted by atomic mass is 16.5. The van der Waals surface area contributed by atoms with Gasteiger partial charge in [-0.1, -0.05) is 5.16 Å². The van der Waals surface area contributed by atoms with Crippen molar-refractivity contribution in [2.45, 2.75) is 57.2 Å². The normalized spacial score (nSPS) is 23.9. The maximum absolute atomic E-state index is 5.50. The summed E-state index contributed by atoms with van der Waals surface area (Å²) in [6, 6.07) is 0.712. The first-order chi connectivity index (χ1) is 12.3. The van der Waals surface area contributed by atoms with E-state index in [4.69, 9.17) is 4.52 Å². The summed E-state index contributed by atoms with van der Waals surface area (Å²) in [6.45, 7) is 6.99. The van der Waals surface area contributed by atoms with Crippen molar-refractivity contribution >= 4 is 0 Å². The van der Waals surface area contributed by atoms with Crippen molar-refractivity contribution in [3.8, 4) is 0 Å². The molecular weight excluding hydrogens is 320 g/mol. The molecule has 9 heteroatoms. The highest BCUT2D eigenvalue weighted by molar-refractivity contribution is 5.05. The van der Waals surface area contributed by atoms with Gasteiger partial charge in [-0.3, -0.25) is 9.80 Å². The van der Waals surface area contributed by atoms with Crippen LogP contribution in [-0.2, 0) is 6.54 Å². The lowest BCUT2D eigenvalue weighted by Crippen LogP contribution is -2.47. The summed E-state index contributed by atoms with van der Waals surface area (Å²) < 4.78 is 7.50. The molecule has 0 unspecified atom stereocenters. The van der Waals surface area contributed by atoms with E-state index in [9.17, 15) is 0 Å². The van der Waals surface area contributed by atoms with Crippen LogP contribution in [0.1, 0.15) is 68.1 Å². The molecule has 2 aliphatic carbocycles. The third kappa shape index (κ3) is 3.18. The Morgan fingerprint density at radius 2 is 1.92 bits per heavy atom. The molecule has 2 aromatic rings. The third-order valence-corrected chi connectivity index (χ3v) is 5.53. The molecule has 5 rings (SSSR count). The number of rotatable bonds is 6. The van der Waals surface area contributed by atoms with E-state index in [1.807, 2.05) is 4.68 Å². The number of hydrogen-bond acceptors (Lipinski definition) is 8. The summed E-state index contributed by atoms with van der Waals surface area (Å²) in [5, 5.41) is 16.3. The minimum atomic E-state index is 0.180. The van der Waals surface area contributed by atoms with Crippen molar-refractivity contribution in [3.63, 3.8) is 0 Å². The molecule has 3 aliphatic rings. The summed E-state index contributed by atoms with van der Waals surface area (Å²) in [7, 11) is 0. The Morgan fingerprint density at radius 1 is 1.12 bits per heavy atom. The van der Waals surface area contributed by atoms with E-state index < -0.39 is 0 Å². The minimum absolute atomic E-state index is 0.180. The van der Waals surface area contributed by atoms with Crippen molar-refractivity contribution < 1.29 is 4.52 Å². The summed E-state index contributed by atoms with van der Waals surface area (Å²) in [5.74, 6) is 3.19. The van der Waals surface area contributed by atoms with Gasteiger partial charge in [0.25, 0.3) is 0 Å². The summed E-state index contributed by atoms with van der Waals surface area (Å²) in [5.41, 5.74) is 0. The summed E-state index contributed by atoms with van der Waals surface area (Å²) >= 11 is 0. The molecule has 0 bridgehead atoms. The van der Waals surface area contributed by atoms with Gasteiger partial charge < -0.3 is 4.52 Å². The second-order valence-corrected chi connectivity index (χ2v) is 7.52. The van der Waals surface area contributed by atoms with E-state index in [1.165, 1.54) is 25.7 Å². The fraction of sp³-hybridized carbons (Fsp3) is 0.812. The standard InChI is InChI=1S/C16H24N8O/c1-11(16-17-15(19-25-16)12-2-3-12)23-8-6-22(7-9-23)10-14-18-20-21-24(14)13-4-5-13/h11-13H,2-10H2,1H3/t11-/m1/s1. The quantitative estimate of drug-likeness (QED) is 0.771. The largest absolute Gasteiger partial charge is 0.338 e. The van der Waals surface area contributed by atoms with Crippen LogP contribution in [0, 0.1) is 0 Å². The molecule has 1 atom stereocenters. The number of piperazine rings is 1. The molecule has 1 saturated heterocycles. The molecule has 0 aromatic carbocycles. The topological polar surface area (TPSA) is 89.0 Å². The first kappa shape index (κ1) is 15.4. The molecule has 0 spiro atoms. The second-order valence-electron chi connectivity index (χ2n) is 7.52. The van der Waals surface area contributed by atoms with Gasteiger partial charge in [-0.15, -0.1) is 5.10 Å². The molecule has 3 fully saturated rings. The van der Waals surface area contributed by atoms with Crippen LogP contribution in [0.15, 0.2) is 4.52 Å². The van der Waals surface area contributed by atoms with Gasteiger partial charge in [0.05, 0.1) is 18.6 Å². The molecular formula is C16H24N8O. The van der Waals surface area contributed by atoms with Crippen LogP contribution in [0.25, 0.3) is 0 Å². The Bertz CT molecular complexity index is 726. The highest BCUT2D eigenvalue weighted by Crippen LogP contribution is 2.38. The predicted octanol–water partition coefficient (Wildman–Crippen LogP) is 1.15. The van der Waals surface area contributed by atoms with Crippen LogP contribution < -0.4 is 0 Å². The monoisotopic (exact) mass is 344 g/mol. The number of tetrazole rings is 1. The number of aromatic nitrogens is 6. The molecule has 25 heavy (non-hydrogen) atoms. The Morgan fingerprint density at radius 3 is 2.64 bits per heavy atom. The molecule has 0 amide bonds. The van der Waals surface area contributed by atoms with Crippen LogP contribution in [0.3, 0.4) is 0 Å². The Labute approximate surface area is 146 Å². The average Bonchev–Trinajstić information content (AvgIpc) is 3.57. The summed E-state index contributed by atoms with van der Waals surface area (Å²) in [6.07, 6.45) is 4.81. The van der Waals surface area contributed by atoms with Crippen molar-refractivity contribution in [2.24, 2.45) is 0 Å². The molecule has 3 heterocycles. The second kappa shape index (κ2) is 6.14. The summed E-state index contributed by atoms with van der Waals surface area (Å²) in [4.78, 5) is 9.45. The molecule has 1 aliphatic heterocycles. The molecule has 134 valence electrons. The van der Waals surface area contributed by atoms with Gasteiger partial charge in [0.1, 0.15) is 0 Å². The average molecular weight is 344 g/mol. The molecule has 0 N–H and O–H groups in total. The van der Waals surface area contributed by atoms with Gasteiger partial charge in [0.2, 0.25) is 5.89 Å². The minimum Gasteiger partial charge on any atom is -0.338 e. The SMILES string of the molecule is C[C@H](c1nc(C2CC2)no1)N1CCN(Cc2nnnn2C2CC2)CC1. The maximum Gasteiger partial charge on any atom is 0.243 e. The van der Waals surface area contributed by atoms with E-state index in [0.717, 1.165) is 50.3 Å². The fourth-order valence-corrected chi connectivity index (χ4v) is 3.51. The Kier molecular flexibility index (Phi) is 3.78. The van der Waals surface area contributed by atoms with E-state index in [0.29, 0.717) is 12.0 Å². The van der Waals surface area contributed by atoms with Crippen LogP contribution in [-0.4, -0.2) is 66.3 Å². The first-order valence-corrected chi connectivity index (χ1v) is 9.34. The third-order valence-electron chi connectivity index (χ3n) is 5.53. The van der Waals surface area contributed by atoms with Crippen molar-refractivity contribution in [1.29, 1.82) is 0 Å². The number of nitrogens with zero attached hydrogens (tertiary/aromatic N) is 8. The first-order valence-electron chi connectivity index (χ1n) is 9.34. The van der Waals surface area contributed by atoms with E-state index in [1.54, 1.807) is 0 Å². The van der Waals surface area contributed by atoms with Crippen LogP contribution in [0.4, 0.5) is 0 Å². The fourth-order valence-electron chi connectivity index (χ4n) is 3.51. The predicted molar refractivity (Wildman–Crippen MR) is 87.6 cm³/mol. The van der Waals surface area contributed by atoms with Crippen molar-refractivity contribution in [3.05, 3.63) is 17.5 Å². The van der Waals surface area contributed by atoms with Gasteiger partial charge in [0.15, 0.2) is 11.6 Å². The molecule has 2 saturated carbocycles. The van der Waals surface area contributed by atoms with Gasteiger partial charge >= 0.3 is 0 Å². The lowest BCUT2D eigenvalue weighted by Gasteiger charge is -2.36. The smallest absolute Gasteiger partial charge is 0.243 e. The zero-order valence-corrected chi connectivity index (χ0v) is 14.6. The van der Waals surface area contributed by atoms with Crippen molar-refractivity contribution in [2.75, 3.05) is 26.2 Å². The van der Waals surface area contributed by atoms with E-state index in [-0.39, 0.29) is 6.04 Å².